The zero-order valence-electron chi connectivity index (χ0n) is 18.2. The molecule has 2 N–H and O–H groups in total. The Morgan fingerprint density at radius 1 is 1.09 bits per heavy atom. The Labute approximate surface area is 192 Å². The molecule has 0 spiro atoms. The van der Waals surface area contributed by atoms with E-state index in [0.717, 1.165) is 24.0 Å². The lowest BCUT2D eigenvalue weighted by atomic mass is 9.99. The summed E-state index contributed by atoms with van der Waals surface area (Å²) in [5.74, 6) is -0.565. The van der Waals surface area contributed by atoms with E-state index < -0.39 is 16.8 Å². The highest BCUT2D eigenvalue weighted by Gasteiger charge is 2.57. The van der Waals surface area contributed by atoms with Crippen LogP contribution < -0.4 is 10.6 Å². The number of amides is 3. The maximum atomic E-state index is 13.6. The monoisotopic (exact) mass is 449 g/mol. The molecule has 3 atom stereocenters. The average molecular weight is 450 g/mol. The van der Waals surface area contributed by atoms with Crippen molar-refractivity contribution in [2.45, 2.75) is 61.4 Å². The highest BCUT2D eigenvalue weighted by molar-refractivity contribution is 8.01. The lowest BCUT2D eigenvalue weighted by Crippen LogP contribution is -2.57. The van der Waals surface area contributed by atoms with Crippen molar-refractivity contribution in [2.75, 3.05) is 0 Å². The van der Waals surface area contributed by atoms with Crippen LogP contribution >= 0.6 is 11.8 Å². The van der Waals surface area contributed by atoms with Gasteiger partial charge in [0.25, 0.3) is 5.91 Å². The molecule has 6 nitrogen and oxygen atoms in total. The van der Waals surface area contributed by atoms with Gasteiger partial charge in [-0.3, -0.25) is 14.4 Å². The zero-order valence-corrected chi connectivity index (χ0v) is 19.0. The van der Waals surface area contributed by atoms with Crippen molar-refractivity contribution in [1.82, 2.24) is 15.5 Å². The quantitative estimate of drug-likeness (QED) is 0.711. The normalized spacial score (nSPS) is 23.9. The van der Waals surface area contributed by atoms with Gasteiger partial charge < -0.3 is 15.5 Å². The van der Waals surface area contributed by atoms with Crippen molar-refractivity contribution in [3.05, 3.63) is 71.3 Å². The third kappa shape index (κ3) is 3.79. The zero-order chi connectivity index (χ0) is 22.5. The summed E-state index contributed by atoms with van der Waals surface area (Å²) in [4.78, 5) is 41.5. The van der Waals surface area contributed by atoms with Crippen LogP contribution in [0, 0.1) is 0 Å². The summed E-state index contributed by atoms with van der Waals surface area (Å²) < 4.78 is -0.484. The van der Waals surface area contributed by atoms with Crippen molar-refractivity contribution in [3.8, 4) is 0 Å². The summed E-state index contributed by atoms with van der Waals surface area (Å²) >= 11 is 1.63. The second-order valence-electron chi connectivity index (χ2n) is 9.31. The molecular weight excluding hydrogens is 422 g/mol. The molecular formula is C25H27N3O3S. The first-order valence-corrected chi connectivity index (χ1v) is 12.0. The Kier molecular flexibility index (Phi) is 5.24. The number of carbonyl (C=O) groups excluding carboxylic acids is 3. The molecule has 1 saturated carbocycles. The van der Waals surface area contributed by atoms with E-state index in [1.165, 1.54) is 0 Å². The van der Waals surface area contributed by atoms with E-state index in [2.05, 4.69) is 10.6 Å². The molecule has 1 aliphatic carbocycles. The SMILES string of the molecule is CC1(C)SC2c3ccccc3C(=O)N2[C@@H]1C(=O)N[C@@H](Cc1ccccc1)C(=O)NC1CC1. The first kappa shape index (κ1) is 21.1. The van der Waals surface area contributed by atoms with E-state index in [9.17, 15) is 14.4 Å². The molecule has 0 bridgehead atoms. The smallest absolute Gasteiger partial charge is 0.256 e. The number of nitrogens with one attached hydrogen (secondary N) is 2. The maximum Gasteiger partial charge on any atom is 0.256 e. The van der Waals surface area contributed by atoms with Crippen LogP contribution in [0.1, 0.15) is 53.5 Å². The minimum Gasteiger partial charge on any atom is -0.352 e. The molecule has 1 unspecified atom stereocenters. The topological polar surface area (TPSA) is 78.5 Å². The fourth-order valence-electron chi connectivity index (χ4n) is 4.64. The molecule has 3 amide bonds. The van der Waals surface area contributed by atoms with E-state index in [1.807, 2.05) is 68.4 Å². The Morgan fingerprint density at radius 2 is 1.78 bits per heavy atom. The fourth-order valence-corrected chi connectivity index (χ4v) is 6.23. The largest absolute Gasteiger partial charge is 0.352 e. The van der Waals surface area contributed by atoms with Crippen molar-refractivity contribution in [2.24, 2.45) is 0 Å². The number of carbonyl (C=O) groups is 3. The number of benzene rings is 2. The molecule has 0 aromatic heterocycles. The van der Waals surface area contributed by atoms with Crippen LogP contribution in [-0.4, -0.2) is 45.5 Å². The standard InChI is InChI=1S/C25H27N3O3S/c1-25(2)20(28-23(31)17-10-6-7-11-18(17)24(28)32-25)22(30)27-19(21(29)26-16-12-13-16)14-15-8-4-3-5-9-15/h3-11,16,19-20,24H,12-14H2,1-2H3,(H,26,29)(H,27,30)/t19-,20+,24?/m0/s1. The van der Waals surface area contributed by atoms with Gasteiger partial charge in [-0.05, 0) is 43.9 Å². The van der Waals surface area contributed by atoms with Gasteiger partial charge in [-0.1, -0.05) is 48.5 Å². The highest BCUT2D eigenvalue weighted by Crippen LogP contribution is 2.56. The molecule has 1 saturated heterocycles. The van der Waals surface area contributed by atoms with Crippen LogP contribution in [-0.2, 0) is 16.0 Å². The summed E-state index contributed by atoms with van der Waals surface area (Å²) in [6.45, 7) is 3.99. The number of nitrogens with zero attached hydrogens (tertiary/aromatic N) is 1. The van der Waals surface area contributed by atoms with Crippen LogP contribution in [0.2, 0.25) is 0 Å². The maximum absolute atomic E-state index is 13.6. The molecule has 2 aromatic carbocycles. The molecule has 3 aliphatic rings. The van der Waals surface area contributed by atoms with E-state index in [-0.39, 0.29) is 29.1 Å². The predicted octanol–water partition coefficient (Wildman–Crippen LogP) is 3.04. The fraction of sp³-hybridized carbons (Fsp3) is 0.400. The van der Waals surface area contributed by atoms with E-state index in [0.29, 0.717) is 12.0 Å². The van der Waals surface area contributed by atoms with Gasteiger partial charge in [0.15, 0.2) is 0 Å². The van der Waals surface area contributed by atoms with Crippen LogP contribution in [0.15, 0.2) is 54.6 Å². The Hall–Kier alpha value is -2.80. The first-order valence-electron chi connectivity index (χ1n) is 11.1. The van der Waals surface area contributed by atoms with E-state index in [1.54, 1.807) is 16.7 Å². The number of thioether (sulfide) groups is 1. The van der Waals surface area contributed by atoms with Gasteiger partial charge in [0, 0.05) is 22.8 Å². The molecule has 2 fully saturated rings. The second-order valence-corrected chi connectivity index (χ2v) is 11.0. The van der Waals surface area contributed by atoms with Crippen molar-refractivity contribution in [1.29, 1.82) is 0 Å². The predicted molar refractivity (Wildman–Crippen MR) is 124 cm³/mol. The lowest BCUT2D eigenvalue weighted by Gasteiger charge is -2.31. The molecule has 166 valence electrons. The number of hydrogen-bond donors (Lipinski definition) is 2. The summed E-state index contributed by atoms with van der Waals surface area (Å²) in [7, 11) is 0. The number of hydrogen-bond acceptors (Lipinski definition) is 4. The molecule has 7 heteroatoms. The third-order valence-corrected chi connectivity index (χ3v) is 7.92. The van der Waals surface area contributed by atoms with Crippen molar-refractivity contribution in [3.63, 3.8) is 0 Å². The van der Waals surface area contributed by atoms with Gasteiger partial charge in [-0.2, -0.15) is 0 Å². The molecule has 0 radical (unpaired) electrons. The molecule has 32 heavy (non-hydrogen) atoms. The summed E-state index contributed by atoms with van der Waals surface area (Å²) in [6.07, 6.45) is 2.36. The Morgan fingerprint density at radius 3 is 2.50 bits per heavy atom. The second kappa shape index (κ2) is 7.96. The van der Waals surface area contributed by atoms with Crippen molar-refractivity contribution >= 4 is 29.5 Å². The van der Waals surface area contributed by atoms with Gasteiger partial charge in [0.1, 0.15) is 17.5 Å². The number of rotatable bonds is 6. The molecule has 2 aromatic rings. The van der Waals surface area contributed by atoms with Crippen LogP contribution in [0.3, 0.4) is 0 Å². The van der Waals surface area contributed by atoms with Gasteiger partial charge in [-0.25, -0.2) is 0 Å². The van der Waals surface area contributed by atoms with Gasteiger partial charge in [0.2, 0.25) is 11.8 Å². The van der Waals surface area contributed by atoms with Crippen LogP contribution in [0.5, 0.6) is 0 Å². The lowest BCUT2D eigenvalue weighted by molar-refractivity contribution is -0.131. The summed E-state index contributed by atoms with van der Waals surface area (Å²) in [6, 6.07) is 16.1. The Bertz CT molecular complexity index is 1070. The van der Waals surface area contributed by atoms with E-state index >= 15 is 0 Å². The molecule has 5 rings (SSSR count). The van der Waals surface area contributed by atoms with Crippen molar-refractivity contribution < 1.29 is 14.4 Å². The Balaban J connectivity index is 1.39. The van der Waals surface area contributed by atoms with Gasteiger partial charge in [-0.15, -0.1) is 11.8 Å². The average Bonchev–Trinajstić information content (AvgIpc) is 3.49. The van der Waals surface area contributed by atoms with E-state index in [4.69, 9.17) is 0 Å². The summed E-state index contributed by atoms with van der Waals surface area (Å²) in [5.41, 5.74) is 2.59. The first-order chi connectivity index (χ1) is 15.3. The van der Waals surface area contributed by atoms with Crippen LogP contribution in [0.25, 0.3) is 0 Å². The highest BCUT2D eigenvalue weighted by atomic mass is 32.2. The van der Waals surface area contributed by atoms with Gasteiger partial charge >= 0.3 is 0 Å². The van der Waals surface area contributed by atoms with Crippen LogP contribution in [0.4, 0.5) is 0 Å². The number of fused-ring (bicyclic) bond motifs is 3. The summed E-state index contributed by atoms with van der Waals surface area (Å²) in [5, 5.41) is 5.84. The van der Waals surface area contributed by atoms with Gasteiger partial charge in [0.05, 0.1) is 0 Å². The molecule has 2 heterocycles. The minimum atomic E-state index is -0.689. The minimum absolute atomic E-state index is 0.120. The third-order valence-electron chi connectivity index (χ3n) is 6.38. The molecule has 2 aliphatic heterocycles.